The largest absolute Gasteiger partial charge is 0.481 e. The van der Waals surface area contributed by atoms with E-state index in [-0.39, 0.29) is 11.3 Å². The number of carboxylic acids is 2. The predicted molar refractivity (Wildman–Crippen MR) is 64.9 cm³/mol. The van der Waals surface area contributed by atoms with Crippen LogP contribution < -0.4 is 0 Å². The van der Waals surface area contributed by atoms with Gasteiger partial charge in [-0.25, -0.2) is 9.78 Å². The van der Waals surface area contributed by atoms with E-state index in [0.717, 1.165) is 11.8 Å². The molecule has 0 aliphatic rings. The third kappa shape index (κ3) is 2.56. The van der Waals surface area contributed by atoms with Crippen LogP contribution in [0.4, 0.5) is 0 Å². The van der Waals surface area contributed by atoms with Crippen molar-refractivity contribution in [2.45, 2.75) is 4.34 Å². The number of fused-ring (bicyclic) bond motifs is 1. The van der Waals surface area contributed by atoms with Crippen molar-refractivity contribution in [1.29, 1.82) is 0 Å². The lowest BCUT2D eigenvalue weighted by Crippen LogP contribution is -1.96. The molecule has 5 nitrogen and oxygen atoms in total. The first kappa shape index (κ1) is 11.9. The number of aromatic nitrogens is 1. The van der Waals surface area contributed by atoms with Gasteiger partial charge in [0, 0.05) is 0 Å². The monoisotopic (exact) mass is 269 g/mol. The molecule has 0 spiro atoms. The van der Waals surface area contributed by atoms with Crippen LogP contribution in [0, 0.1) is 0 Å². The van der Waals surface area contributed by atoms with Crippen LogP contribution in [0.2, 0.25) is 0 Å². The normalized spacial score (nSPS) is 10.6. The molecule has 2 N–H and O–H groups in total. The summed E-state index contributed by atoms with van der Waals surface area (Å²) in [5, 5.41) is 17.5. The van der Waals surface area contributed by atoms with Gasteiger partial charge in [-0.3, -0.25) is 4.79 Å². The number of aliphatic carboxylic acids is 1. The Morgan fingerprint density at radius 2 is 2.12 bits per heavy atom. The fraction of sp³-hybridized carbons (Fsp3) is 0.100. The van der Waals surface area contributed by atoms with E-state index in [4.69, 9.17) is 10.2 Å². The summed E-state index contributed by atoms with van der Waals surface area (Å²) in [7, 11) is 0. The van der Waals surface area contributed by atoms with Crippen molar-refractivity contribution in [1.82, 2.24) is 4.98 Å². The van der Waals surface area contributed by atoms with Crippen molar-refractivity contribution < 1.29 is 19.8 Å². The molecule has 2 rings (SSSR count). The van der Waals surface area contributed by atoms with Gasteiger partial charge in [0.1, 0.15) is 0 Å². The Morgan fingerprint density at radius 1 is 1.35 bits per heavy atom. The van der Waals surface area contributed by atoms with E-state index in [9.17, 15) is 9.59 Å². The molecule has 0 atom stereocenters. The Morgan fingerprint density at radius 3 is 2.76 bits per heavy atom. The first-order valence-electron chi connectivity index (χ1n) is 4.55. The number of hydrogen-bond donors (Lipinski definition) is 2. The van der Waals surface area contributed by atoms with Crippen LogP contribution in [0.3, 0.4) is 0 Å². The van der Waals surface area contributed by atoms with Crippen LogP contribution >= 0.6 is 23.1 Å². The Kier molecular flexibility index (Phi) is 3.30. The highest BCUT2D eigenvalue weighted by Crippen LogP contribution is 2.31. The maximum atomic E-state index is 11.0. The van der Waals surface area contributed by atoms with Gasteiger partial charge in [0.2, 0.25) is 0 Å². The second-order valence-electron chi connectivity index (χ2n) is 3.12. The molecule has 0 aliphatic heterocycles. The number of carboxylic acid groups (broad SMARTS) is 2. The maximum Gasteiger partial charge on any atom is 0.337 e. The minimum Gasteiger partial charge on any atom is -0.481 e. The van der Waals surface area contributed by atoms with E-state index in [1.54, 1.807) is 12.1 Å². The standard InChI is InChI=1S/C10H7NO4S2/c12-7(13)4-16-10-11-6-3-1-2-5(9(14)15)8(6)17-10/h1-3H,4H2,(H,12,13)(H,14,15). The van der Waals surface area contributed by atoms with Crippen molar-refractivity contribution in [2.24, 2.45) is 0 Å². The lowest BCUT2D eigenvalue weighted by atomic mass is 10.2. The van der Waals surface area contributed by atoms with Gasteiger partial charge in [0.15, 0.2) is 4.34 Å². The maximum absolute atomic E-state index is 11.0. The molecule has 1 aromatic carbocycles. The Hall–Kier alpha value is -1.60. The molecule has 0 bridgehead atoms. The third-order valence-corrected chi connectivity index (χ3v) is 4.18. The van der Waals surface area contributed by atoms with Gasteiger partial charge in [-0.15, -0.1) is 11.3 Å². The predicted octanol–water partition coefficient (Wildman–Crippen LogP) is 2.17. The number of rotatable bonds is 4. The number of thiazole rings is 1. The molecule has 0 unspecified atom stereocenters. The van der Waals surface area contributed by atoms with Gasteiger partial charge in [-0.05, 0) is 12.1 Å². The van der Waals surface area contributed by atoms with E-state index in [2.05, 4.69) is 4.98 Å². The Bertz CT molecular complexity index is 593. The molecule has 0 aliphatic carbocycles. The highest BCUT2D eigenvalue weighted by atomic mass is 32.2. The van der Waals surface area contributed by atoms with E-state index in [1.165, 1.54) is 17.4 Å². The number of aromatic carboxylic acids is 1. The first-order valence-corrected chi connectivity index (χ1v) is 6.35. The van der Waals surface area contributed by atoms with Crippen molar-refractivity contribution in [3.63, 3.8) is 0 Å². The SMILES string of the molecule is O=C(O)CSc1nc2cccc(C(=O)O)c2s1. The van der Waals surface area contributed by atoms with Gasteiger partial charge in [-0.2, -0.15) is 0 Å². The van der Waals surface area contributed by atoms with Gasteiger partial charge < -0.3 is 10.2 Å². The number of nitrogens with zero attached hydrogens (tertiary/aromatic N) is 1. The van der Waals surface area contributed by atoms with Gasteiger partial charge in [0.05, 0.1) is 21.5 Å². The van der Waals surface area contributed by atoms with E-state index >= 15 is 0 Å². The fourth-order valence-corrected chi connectivity index (χ4v) is 3.16. The quantitative estimate of drug-likeness (QED) is 0.827. The zero-order valence-electron chi connectivity index (χ0n) is 8.41. The topological polar surface area (TPSA) is 87.5 Å². The molecule has 0 amide bonds. The number of carbonyl (C=O) groups is 2. The average Bonchev–Trinajstić information content (AvgIpc) is 2.68. The number of benzene rings is 1. The van der Waals surface area contributed by atoms with Crippen LogP contribution in [0.1, 0.15) is 10.4 Å². The number of hydrogen-bond acceptors (Lipinski definition) is 5. The van der Waals surface area contributed by atoms with E-state index < -0.39 is 11.9 Å². The lowest BCUT2D eigenvalue weighted by Gasteiger charge is -1.93. The molecule has 0 radical (unpaired) electrons. The first-order chi connectivity index (χ1) is 8.08. The summed E-state index contributed by atoms with van der Waals surface area (Å²) in [6.45, 7) is 0. The molecule has 2 aromatic rings. The fourth-order valence-electron chi connectivity index (χ4n) is 1.28. The van der Waals surface area contributed by atoms with Crippen molar-refractivity contribution in [3.8, 4) is 0 Å². The lowest BCUT2D eigenvalue weighted by molar-refractivity contribution is -0.133. The summed E-state index contributed by atoms with van der Waals surface area (Å²) >= 11 is 2.29. The summed E-state index contributed by atoms with van der Waals surface area (Å²) < 4.78 is 1.14. The van der Waals surface area contributed by atoms with Crippen LogP contribution in [0.25, 0.3) is 10.2 Å². The highest BCUT2D eigenvalue weighted by Gasteiger charge is 2.13. The van der Waals surface area contributed by atoms with Gasteiger partial charge >= 0.3 is 11.9 Å². The highest BCUT2D eigenvalue weighted by molar-refractivity contribution is 8.01. The van der Waals surface area contributed by atoms with Crippen LogP contribution in [0.15, 0.2) is 22.5 Å². The summed E-state index contributed by atoms with van der Waals surface area (Å²) in [4.78, 5) is 25.6. The second kappa shape index (κ2) is 4.72. The smallest absolute Gasteiger partial charge is 0.337 e. The molecular weight excluding hydrogens is 262 g/mol. The molecule has 0 fully saturated rings. The van der Waals surface area contributed by atoms with Gasteiger partial charge in [0.25, 0.3) is 0 Å². The summed E-state index contributed by atoms with van der Waals surface area (Å²) in [5.74, 6) is -2.01. The Labute approximate surface area is 104 Å². The minimum atomic E-state index is -1.01. The van der Waals surface area contributed by atoms with Crippen molar-refractivity contribution in [2.75, 3.05) is 5.75 Å². The zero-order valence-corrected chi connectivity index (χ0v) is 10.0. The average molecular weight is 269 g/mol. The molecule has 17 heavy (non-hydrogen) atoms. The summed E-state index contributed by atoms with van der Waals surface area (Å²) in [5.41, 5.74) is 0.782. The van der Waals surface area contributed by atoms with Crippen molar-refractivity contribution in [3.05, 3.63) is 23.8 Å². The summed E-state index contributed by atoms with van der Waals surface area (Å²) in [6.07, 6.45) is 0. The molecule has 1 aromatic heterocycles. The Balaban J connectivity index is 2.39. The molecule has 0 saturated heterocycles. The van der Waals surface area contributed by atoms with E-state index in [1.807, 2.05) is 0 Å². The van der Waals surface area contributed by atoms with Crippen LogP contribution in [0.5, 0.6) is 0 Å². The zero-order chi connectivity index (χ0) is 12.4. The molecule has 88 valence electrons. The molecule has 1 heterocycles. The summed E-state index contributed by atoms with van der Waals surface area (Å²) in [6, 6.07) is 4.84. The van der Waals surface area contributed by atoms with E-state index in [0.29, 0.717) is 14.6 Å². The third-order valence-electron chi connectivity index (χ3n) is 1.94. The molecular formula is C10H7NO4S2. The number of thioether (sulfide) groups is 1. The second-order valence-corrected chi connectivity index (χ2v) is 5.34. The molecule has 7 heteroatoms. The van der Waals surface area contributed by atoms with Gasteiger partial charge in [-0.1, -0.05) is 17.8 Å². The minimum absolute atomic E-state index is 0.0811. The van der Waals surface area contributed by atoms with Crippen molar-refractivity contribution >= 4 is 45.3 Å². The van der Waals surface area contributed by atoms with Crippen LogP contribution in [-0.4, -0.2) is 32.9 Å². The molecule has 0 saturated carbocycles. The van der Waals surface area contributed by atoms with Crippen LogP contribution in [-0.2, 0) is 4.79 Å².